The summed E-state index contributed by atoms with van der Waals surface area (Å²) in [5.74, 6) is 0. The first-order valence-corrected chi connectivity index (χ1v) is 4.74. The van der Waals surface area contributed by atoms with Crippen LogP contribution in [0.25, 0.3) is 0 Å². The molecule has 15 heavy (non-hydrogen) atoms. The van der Waals surface area contributed by atoms with E-state index in [0.29, 0.717) is 6.61 Å². The Morgan fingerprint density at radius 2 is 1.80 bits per heavy atom. The highest BCUT2D eigenvalue weighted by Gasteiger charge is 2.02. The summed E-state index contributed by atoms with van der Waals surface area (Å²) in [7, 11) is 0. The van der Waals surface area contributed by atoms with E-state index in [1.807, 2.05) is 0 Å². The van der Waals surface area contributed by atoms with Gasteiger partial charge in [-0.25, -0.2) is 4.79 Å². The van der Waals surface area contributed by atoms with Crippen molar-refractivity contribution in [1.29, 1.82) is 0 Å². The van der Waals surface area contributed by atoms with E-state index in [1.54, 1.807) is 31.2 Å². The molecule has 0 unspecified atom stereocenters. The summed E-state index contributed by atoms with van der Waals surface area (Å²) in [6.45, 7) is 2.23. The number of rotatable bonds is 4. The minimum atomic E-state index is -0.663. The summed E-state index contributed by atoms with van der Waals surface area (Å²) in [4.78, 5) is 10.9. The summed E-state index contributed by atoms with van der Waals surface area (Å²) in [6.07, 6.45) is -0.663. The van der Waals surface area contributed by atoms with E-state index in [4.69, 9.17) is 9.84 Å². The number of hydrogen-bond acceptors (Lipinski definition) is 4. The maximum atomic E-state index is 10.9. The molecule has 0 bridgehead atoms. The van der Waals surface area contributed by atoms with Crippen LogP contribution in [-0.2, 0) is 22.7 Å². The summed E-state index contributed by atoms with van der Waals surface area (Å²) in [6, 6.07) is 7.16. The average Bonchev–Trinajstić information content (AvgIpc) is 2.27. The number of carbonyl (C=O) groups excluding carboxylic acids is 1. The monoisotopic (exact) mass is 210 g/mol. The lowest BCUT2D eigenvalue weighted by molar-refractivity contribution is 0.0536. The minimum absolute atomic E-state index is 0.0129. The molecule has 82 valence electrons. The smallest absolute Gasteiger partial charge is 0.435 e. The van der Waals surface area contributed by atoms with Gasteiger partial charge in [-0.2, -0.15) is 0 Å². The van der Waals surface area contributed by atoms with E-state index in [-0.39, 0.29) is 13.2 Å². The predicted molar refractivity (Wildman–Crippen MR) is 54.2 cm³/mol. The summed E-state index contributed by atoms with van der Waals surface area (Å²) >= 11 is 0. The van der Waals surface area contributed by atoms with Gasteiger partial charge in [0, 0.05) is 0 Å². The van der Waals surface area contributed by atoms with Gasteiger partial charge in [-0.1, -0.05) is 24.3 Å². The Morgan fingerprint density at radius 1 is 1.20 bits per heavy atom. The van der Waals surface area contributed by atoms with E-state index in [2.05, 4.69) is 4.74 Å². The molecule has 0 aliphatic heterocycles. The molecule has 0 aromatic heterocycles. The number of ether oxygens (including phenoxy) is 2. The molecule has 0 atom stereocenters. The molecule has 0 radical (unpaired) electrons. The van der Waals surface area contributed by atoms with Crippen LogP contribution in [0.5, 0.6) is 0 Å². The van der Waals surface area contributed by atoms with Crippen LogP contribution in [0.15, 0.2) is 24.3 Å². The molecule has 0 amide bonds. The Balaban J connectivity index is 2.40. The Labute approximate surface area is 88.4 Å². The average molecular weight is 210 g/mol. The van der Waals surface area contributed by atoms with Gasteiger partial charge in [0.25, 0.3) is 0 Å². The first-order valence-electron chi connectivity index (χ1n) is 4.74. The van der Waals surface area contributed by atoms with Gasteiger partial charge in [0.15, 0.2) is 0 Å². The van der Waals surface area contributed by atoms with E-state index in [9.17, 15) is 4.79 Å². The second kappa shape index (κ2) is 6.03. The van der Waals surface area contributed by atoms with Gasteiger partial charge >= 0.3 is 6.16 Å². The van der Waals surface area contributed by atoms with Gasteiger partial charge in [-0.3, -0.25) is 0 Å². The van der Waals surface area contributed by atoms with Crippen LogP contribution in [0.3, 0.4) is 0 Å². The van der Waals surface area contributed by atoms with Gasteiger partial charge in [-0.05, 0) is 18.1 Å². The fraction of sp³-hybridized carbons (Fsp3) is 0.364. The van der Waals surface area contributed by atoms with Crippen molar-refractivity contribution in [3.05, 3.63) is 35.4 Å². The van der Waals surface area contributed by atoms with Crippen molar-refractivity contribution in [2.24, 2.45) is 0 Å². The Bertz CT molecular complexity index is 305. The van der Waals surface area contributed by atoms with Crippen LogP contribution in [0.1, 0.15) is 18.1 Å². The van der Waals surface area contributed by atoms with Gasteiger partial charge in [0.2, 0.25) is 0 Å². The zero-order chi connectivity index (χ0) is 11.1. The molecule has 1 aromatic carbocycles. The van der Waals surface area contributed by atoms with Crippen LogP contribution in [0.4, 0.5) is 4.79 Å². The lowest BCUT2D eigenvalue weighted by Gasteiger charge is -2.04. The highest BCUT2D eigenvalue weighted by atomic mass is 16.7. The predicted octanol–water partition coefficient (Wildman–Crippen LogP) is 1.85. The van der Waals surface area contributed by atoms with Crippen LogP contribution in [0.2, 0.25) is 0 Å². The molecule has 0 heterocycles. The molecule has 4 nitrogen and oxygen atoms in total. The highest BCUT2D eigenvalue weighted by molar-refractivity contribution is 5.59. The van der Waals surface area contributed by atoms with Crippen molar-refractivity contribution in [3.8, 4) is 0 Å². The first kappa shape index (κ1) is 11.5. The van der Waals surface area contributed by atoms with Crippen LogP contribution in [0, 0.1) is 0 Å². The number of benzene rings is 1. The molecule has 0 aliphatic carbocycles. The molecule has 0 aliphatic rings. The summed E-state index contributed by atoms with van der Waals surface area (Å²) in [5, 5.41) is 8.81. The Hall–Kier alpha value is -1.55. The van der Waals surface area contributed by atoms with E-state index >= 15 is 0 Å². The molecule has 1 rings (SSSR count). The topological polar surface area (TPSA) is 55.8 Å². The third-order valence-electron chi connectivity index (χ3n) is 1.82. The third-order valence-corrected chi connectivity index (χ3v) is 1.82. The minimum Gasteiger partial charge on any atom is -0.435 e. The molecule has 1 aromatic rings. The molecule has 1 N–H and O–H groups in total. The number of hydrogen-bond donors (Lipinski definition) is 1. The SMILES string of the molecule is CCOC(=O)OCc1ccc(CO)cc1. The lowest BCUT2D eigenvalue weighted by atomic mass is 10.1. The Morgan fingerprint density at radius 3 is 2.33 bits per heavy atom. The normalized spacial score (nSPS) is 9.73. The number of aliphatic hydroxyl groups excluding tert-OH is 1. The fourth-order valence-corrected chi connectivity index (χ4v) is 1.04. The Kier molecular flexibility index (Phi) is 4.63. The first-order chi connectivity index (χ1) is 7.26. The van der Waals surface area contributed by atoms with Gasteiger partial charge in [-0.15, -0.1) is 0 Å². The van der Waals surface area contributed by atoms with E-state index in [0.717, 1.165) is 11.1 Å². The van der Waals surface area contributed by atoms with Gasteiger partial charge < -0.3 is 14.6 Å². The number of aliphatic hydroxyl groups is 1. The zero-order valence-electron chi connectivity index (χ0n) is 8.60. The van der Waals surface area contributed by atoms with Crippen molar-refractivity contribution >= 4 is 6.16 Å². The molecular weight excluding hydrogens is 196 g/mol. The van der Waals surface area contributed by atoms with E-state index in [1.165, 1.54) is 0 Å². The lowest BCUT2D eigenvalue weighted by Crippen LogP contribution is -2.06. The van der Waals surface area contributed by atoms with Crippen molar-refractivity contribution in [1.82, 2.24) is 0 Å². The van der Waals surface area contributed by atoms with Gasteiger partial charge in [0.1, 0.15) is 6.61 Å². The molecule has 0 fully saturated rings. The van der Waals surface area contributed by atoms with E-state index < -0.39 is 6.16 Å². The molecule has 4 heteroatoms. The summed E-state index contributed by atoms with van der Waals surface area (Å²) < 4.78 is 9.43. The second-order valence-electron chi connectivity index (χ2n) is 2.95. The third kappa shape index (κ3) is 3.99. The van der Waals surface area contributed by atoms with Crippen molar-refractivity contribution in [3.63, 3.8) is 0 Å². The fourth-order valence-electron chi connectivity index (χ4n) is 1.04. The van der Waals surface area contributed by atoms with Crippen molar-refractivity contribution < 1.29 is 19.4 Å². The maximum absolute atomic E-state index is 10.9. The van der Waals surface area contributed by atoms with Crippen molar-refractivity contribution in [2.75, 3.05) is 6.61 Å². The highest BCUT2D eigenvalue weighted by Crippen LogP contribution is 2.06. The molecule has 0 saturated heterocycles. The quantitative estimate of drug-likeness (QED) is 0.770. The standard InChI is InChI=1S/C11H14O4/c1-2-14-11(13)15-8-10-5-3-9(7-12)4-6-10/h3-6,12H,2,7-8H2,1H3. The zero-order valence-corrected chi connectivity index (χ0v) is 8.60. The molecule has 0 saturated carbocycles. The maximum Gasteiger partial charge on any atom is 0.508 e. The van der Waals surface area contributed by atoms with Crippen LogP contribution < -0.4 is 0 Å². The van der Waals surface area contributed by atoms with Gasteiger partial charge in [0.05, 0.1) is 13.2 Å². The summed E-state index contributed by atoms with van der Waals surface area (Å²) in [5.41, 5.74) is 1.69. The second-order valence-corrected chi connectivity index (χ2v) is 2.95. The molecular formula is C11H14O4. The number of carbonyl (C=O) groups is 1. The van der Waals surface area contributed by atoms with Crippen LogP contribution >= 0.6 is 0 Å². The van der Waals surface area contributed by atoms with Crippen LogP contribution in [-0.4, -0.2) is 17.9 Å². The largest absolute Gasteiger partial charge is 0.508 e. The van der Waals surface area contributed by atoms with Crippen molar-refractivity contribution in [2.45, 2.75) is 20.1 Å². The molecule has 0 spiro atoms.